The first-order valence-electron chi connectivity index (χ1n) is 6.45. The molecule has 3 N–H and O–H groups in total. The number of nitrogens with two attached hydrogens (primary N) is 1. The third-order valence-corrected chi connectivity index (χ3v) is 2.97. The molecule has 0 saturated carbocycles. The molecule has 0 aliphatic carbocycles. The number of nitrogens with one attached hydrogen (secondary N) is 1. The van der Waals surface area contributed by atoms with Crippen molar-refractivity contribution >= 4 is 5.91 Å². The van der Waals surface area contributed by atoms with Gasteiger partial charge < -0.3 is 8.98 Å². The van der Waals surface area contributed by atoms with Gasteiger partial charge in [0.25, 0.3) is 11.5 Å². The van der Waals surface area contributed by atoms with E-state index in [1.807, 2.05) is 12.3 Å². The molecular formula is C13H16N4O4. The first-order chi connectivity index (χ1) is 10.1. The summed E-state index contributed by atoms with van der Waals surface area (Å²) in [5, 5.41) is 0. The lowest BCUT2D eigenvalue weighted by molar-refractivity contribution is 0.0953. The van der Waals surface area contributed by atoms with Gasteiger partial charge in [0.1, 0.15) is 12.0 Å². The molecule has 8 nitrogen and oxygen atoms in total. The van der Waals surface area contributed by atoms with E-state index in [4.69, 9.17) is 10.3 Å². The second kappa shape index (κ2) is 6.23. The molecule has 0 atom stereocenters. The normalized spacial score (nSPS) is 10.6. The third kappa shape index (κ3) is 3.11. The van der Waals surface area contributed by atoms with E-state index in [0.717, 1.165) is 11.0 Å². The van der Waals surface area contributed by atoms with Gasteiger partial charge in [-0.3, -0.25) is 19.6 Å². The molecule has 21 heavy (non-hydrogen) atoms. The van der Waals surface area contributed by atoms with E-state index in [2.05, 4.69) is 0 Å². The number of carbonyl (C=O) groups is 1. The van der Waals surface area contributed by atoms with Crippen LogP contribution in [0.4, 0.5) is 0 Å². The fraction of sp³-hybridized carbons (Fsp3) is 0.308. The number of aryl methyl sites for hydroxylation is 1. The van der Waals surface area contributed by atoms with Crippen molar-refractivity contribution in [3.63, 3.8) is 0 Å². The Morgan fingerprint density at radius 2 is 2.19 bits per heavy atom. The van der Waals surface area contributed by atoms with E-state index in [0.29, 0.717) is 12.3 Å². The van der Waals surface area contributed by atoms with Crippen LogP contribution in [0.15, 0.2) is 38.6 Å². The van der Waals surface area contributed by atoms with Gasteiger partial charge in [-0.05, 0) is 12.5 Å². The van der Waals surface area contributed by atoms with Crippen LogP contribution in [0.2, 0.25) is 0 Å². The quantitative estimate of drug-likeness (QED) is 0.445. The minimum absolute atomic E-state index is 0.0416. The second-order valence-electron chi connectivity index (χ2n) is 4.49. The summed E-state index contributed by atoms with van der Waals surface area (Å²) < 4.78 is 7.69. The maximum atomic E-state index is 12.2. The number of aromatic nitrogens is 2. The minimum atomic E-state index is -0.506. The van der Waals surface area contributed by atoms with Crippen LogP contribution in [0.5, 0.6) is 0 Å². The molecule has 0 fully saturated rings. The van der Waals surface area contributed by atoms with Gasteiger partial charge in [-0.1, -0.05) is 6.92 Å². The van der Waals surface area contributed by atoms with E-state index in [-0.39, 0.29) is 12.1 Å². The van der Waals surface area contributed by atoms with Crippen LogP contribution in [-0.2, 0) is 13.1 Å². The van der Waals surface area contributed by atoms with E-state index in [9.17, 15) is 14.4 Å². The zero-order valence-corrected chi connectivity index (χ0v) is 11.5. The van der Waals surface area contributed by atoms with Crippen molar-refractivity contribution < 1.29 is 9.21 Å². The number of amides is 1. The Morgan fingerprint density at radius 3 is 2.86 bits per heavy atom. The number of hydrogen-bond donors (Lipinski definition) is 2. The van der Waals surface area contributed by atoms with Crippen molar-refractivity contribution in [2.75, 3.05) is 0 Å². The van der Waals surface area contributed by atoms with Gasteiger partial charge in [0.2, 0.25) is 0 Å². The SMILES string of the molecule is CCCn1ccc(=O)n(Cc2cc(C(=O)NN)co2)c1=O. The zero-order chi connectivity index (χ0) is 15.4. The molecule has 0 unspecified atom stereocenters. The van der Waals surface area contributed by atoms with Gasteiger partial charge in [0, 0.05) is 18.8 Å². The lowest BCUT2D eigenvalue weighted by Crippen LogP contribution is -2.39. The number of hydrazine groups is 1. The van der Waals surface area contributed by atoms with Crippen LogP contribution in [0, 0.1) is 0 Å². The monoisotopic (exact) mass is 292 g/mol. The number of nitrogens with zero attached hydrogens (tertiary/aromatic N) is 2. The second-order valence-corrected chi connectivity index (χ2v) is 4.49. The van der Waals surface area contributed by atoms with Crippen LogP contribution >= 0.6 is 0 Å². The smallest absolute Gasteiger partial charge is 0.331 e. The summed E-state index contributed by atoms with van der Waals surface area (Å²) in [4.78, 5) is 35.3. The number of carbonyl (C=O) groups excluding carboxylic acids is 1. The highest BCUT2D eigenvalue weighted by Gasteiger charge is 2.11. The van der Waals surface area contributed by atoms with Crippen LogP contribution in [-0.4, -0.2) is 15.0 Å². The highest BCUT2D eigenvalue weighted by Crippen LogP contribution is 2.08. The van der Waals surface area contributed by atoms with Crippen molar-refractivity contribution in [3.05, 3.63) is 56.8 Å². The fourth-order valence-electron chi connectivity index (χ4n) is 1.94. The van der Waals surface area contributed by atoms with Crippen LogP contribution in [0.1, 0.15) is 29.5 Å². The van der Waals surface area contributed by atoms with Gasteiger partial charge in [-0.25, -0.2) is 10.6 Å². The van der Waals surface area contributed by atoms with Crippen LogP contribution < -0.4 is 22.5 Å². The largest absolute Gasteiger partial charge is 0.467 e. The van der Waals surface area contributed by atoms with Gasteiger partial charge in [-0.2, -0.15) is 0 Å². The van der Waals surface area contributed by atoms with Crippen LogP contribution in [0.25, 0.3) is 0 Å². The Hall–Kier alpha value is -2.61. The summed E-state index contributed by atoms with van der Waals surface area (Å²) in [7, 11) is 0. The maximum Gasteiger partial charge on any atom is 0.331 e. The fourth-order valence-corrected chi connectivity index (χ4v) is 1.94. The number of furan rings is 1. The molecule has 0 aliphatic heterocycles. The Labute approximate surface area is 119 Å². The first kappa shape index (κ1) is 14.8. The van der Waals surface area contributed by atoms with Crippen LogP contribution in [0.3, 0.4) is 0 Å². The Balaban J connectivity index is 2.33. The Bertz CT molecular complexity index is 756. The van der Waals surface area contributed by atoms with Crippen molar-refractivity contribution in [2.24, 2.45) is 5.84 Å². The zero-order valence-electron chi connectivity index (χ0n) is 11.5. The summed E-state index contributed by atoms with van der Waals surface area (Å²) in [6.07, 6.45) is 3.47. The molecule has 0 aromatic carbocycles. The van der Waals surface area contributed by atoms with Gasteiger partial charge in [0.15, 0.2) is 0 Å². The molecule has 8 heteroatoms. The van der Waals surface area contributed by atoms with Gasteiger partial charge in [0.05, 0.1) is 12.1 Å². The number of rotatable bonds is 5. The Morgan fingerprint density at radius 1 is 1.43 bits per heavy atom. The van der Waals surface area contributed by atoms with E-state index in [1.54, 1.807) is 0 Å². The summed E-state index contributed by atoms with van der Waals surface area (Å²) in [5.41, 5.74) is 1.37. The predicted octanol–water partition coefficient (Wildman–Crippen LogP) is -0.335. The number of hydrogen-bond acceptors (Lipinski definition) is 5. The molecule has 2 rings (SSSR count). The van der Waals surface area contributed by atoms with Crippen molar-refractivity contribution in [3.8, 4) is 0 Å². The lowest BCUT2D eigenvalue weighted by atomic mass is 10.3. The topological polar surface area (TPSA) is 112 Å². The van der Waals surface area contributed by atoms with Gasteiger partial charge in [-0.15, -0.1) is 0 Å². The molecule has 112 valence electrons. The molecule has 2 aromatic rings. The summed E-state index contributed by atoms with van der Waals surface area (Å²) in [5.74, 6) is 4.83. The third-order valence-electron chi connectivity index (χ3n) is 2.97. The Kier molecular flexibility index (Phi) is 4.39. The average Bonchev–Trinajstić information content (AvgIpc) is 2.94. The van der Waals surface area contributed by atoms with E-state index >= 15 is 0 Å². The molecule has 0 spiro atoms. The summed E-state index contributed by atoms with van der Waals surface area (Å²) in [6.45, 7) is 2.42. The van der Waals surface area contributed by atoms with Crippen molar-refractivity contribution in [2.45, 2.75) is 26.4 Å². The van der Waals surface area contributed by atoms with Crippen molar-refractivity contribution in [1.82, 2.24) is 14.6 Å². The van der Waals surface area contributed by atoms with Gasteiger partial charge >= 0.3 is 5.69 Å². The molecular weight excluding hydrogens is 276 g/mol. The average molecular weight is 292 g/mol. The maximum absolute atomic E-state index is 12.2. The first-order valence-corrected chi connectivity index (χ1v) is 6.45. The highest BCUT2D eigenvalue weighted by molar-refractivity contribution is 5.93. The molecule has 2 heterocycles. The highest BCUT2D eigenvalue weighted by atomic mass is 16.3. The standard InChI is InChI=1S/C13H16N4O4/c1-2-4-16-5-3-11(18)17(13(16)20)7-10-6-9(8-21-10)12(19)15-14/h3,5-6,8H,2,4,7,14H2,1H3,(H,15,19). The number of nitrogen functional groups attached to an aromatic ring is 1. The van der Waals surface area contributed by atoms with E-state index < -0.39 is 17.2 Å². The molecule has 1 amide bonds. The molecule has 0 aliphatic rings. The lowest BCUT2D eigenvalue weighted by Gasteiger charge is -2.07. The van der Waals surface area contributed by atoms with Crippen molar-refractivity contribution in [1.29, 1.82) is 0 Å². The summed E-state index contributed by atoms with van der Waals surface area (Å²) in [6, 6.07) is 2.76. The molecule has 2 aromatic heterocycles. The van der Waals surface area contributed by atoms with E-state index in [1.165, 1.54) is 29.2 Å². The summed E-state index contributed by atoms with van der Waals surface area (Å²) >= 11 is 0. The molecule has 0 saturated heterocycles. The molecule has 0 bridgehead atoms. The minimum Gasteiger partial charge on any atom is -0.467 e. The molecule has 0 radical (unpaired) electrons. The predicted molar refractivity (Wildman–Crippen MR) is 74.7 cm³/mol.